The van der Waals surface area contributed by atoms with Gasteiger partial charge >= 0.3 is 0 Å². The minimum Gasteiger partial charge on any atom is -0.368 e. The molecule has 0 bridgehead atoms. The summed E-state index contributed by atoms with van der Waals surface area (Å²) in [5.74, 6) is -0.417. The van der Waals surface area contributed by atoms with Gasteiger partial charge in [-0.05, 0) is 24.1 Å². The second kappa shape index (κ2) is 7.27. The molecule has 3 N–H and O–H groups in total. The molecule has 0 heterocycles. The third kappa shape index (κ3) is 4.55. The maximum Gasteiger partial charge on any atom is 0.239 e. The van der Waals surface area contributed by atoms with Crippen molar-refractivity contribution in [3.8, 4) is 0 Å². The highest BCUT2D eigenvalue weighted by molar-refractivity contribution is 5.81. The number of amides is 1. The molecule has 1 amide bonds. The van der Waals surface area contributed by atoms with Crippen LogP contribution >= 0.6 is 0 Å². The Hall–Kier alpha value is -2.04. The Labute approximate surface area is 99.4 Å². The van der Waals surface area contributed by atoms with Crippen molar-refractivity contribution < 1.29 is 4.79 Å². The highest BCUT2D eigenvalue weighted by Gasteiger charge is 2.15. The summed E-state index contributed by atoms with van der Waals surface area (Å²) in [5.41, 5.74) is 14.3. The van der Waals surface area contributed by atoms with Crippen LogP contribution in [0.15, 0.2) is 35.4 Å². The normalized spacial score (nSPS) is 11.5. The first-order chi connectivity index (χ1) is 8.25. The fourth-order valence-electron chi connectivity index (χ4n) is 1.47. The number of azide groups is 1. The SMILES string of the molecule is [N-]=[N+]=NCCCNC(C(N)=O)c1ccccc1. The molecule has 1 unspecified atom stereocenters. The monoisotopic (exact) mass is 233 g/mol. The third-order valence-corrected chi connectivity index (χ3v) is 2.26. The fourth-order valence-corrected chi connectivity index (χ4v) is 1.47. The summed E-state index contributed by atoms with van der Waals surface area (Å²) in [5, 5.41) is 6.45. The molecule has 0 saturated carbocycles. The minimum absolute atomic E-state index is 0.407. The van der Waals surface area contributed by atoms with E-state index in [-0.39, 0.29) is 0 Å². The van der Waals surface area contributed by atoms with E-state index in [1.807, 2.05) is 30.3 Å². The molecular weight excluding hydrogens is 218 g/mol. The lowest BCUT2D eigenvalue weighted by molar-refractivity contribution is -0.120. The summed E-state index contributed by atoms with van der Waals surface area (Å²) in [6, 6.07) is 8.77. The lowest BCUT2D eigenvalue weighted by atomic mass is 10.1. The van der Waals surface area contributed by atoms with Gasteiger partial charge in [0.1, 0.15) is 6.04 Å². The molecule has 0 radical (unpaired) electrons. The second-order valence-corrected chi connectivity index (χ2v) is 3.51. The van der Waals surface area contributed by atoms with Crippen molar-refractivity contribution >= 4 is 5.91 Å². The van der Waals surface area contributed by atoms with Crippen molar-refractivity contribution in [3.05, 3.63) is 46.3 Å². The van der Waals surface area contributed by atoms with Gasteiger partial charge in [0, 0.05) is 11.5 Å². The quantitative estimate of drug-likeness (QED) is 0.322. The van der Waals surface area contributed by atoms with Gasteiger partial charge in [0.15, 0.2) is 0 Å². The lowest BCUT2D eigenvalue weighted by Crippen LogP contribution is -2.34. The molecule has 1 atom stereocenters. The number of primary amides is 1. The second-order valence-electron chi connectivity index (χ2n) is 3.51. The molecule has 1 rings (SSSR count). The Morgan fingerprint density at radius 1 is 1.47 bits per heavy atom. The van der Waals surface area contributed by atoms with Crippen LogP contribution in [0.25, 0.3) is 10.4 Å². The summed E-state index contributed by atoms with van der Waals surface area (Å²) in [4.78, 5) is 13.9. The van der Waals surface area contributed by atoms with E-state index >= 15 is 0 Å². The number of carbonyl (C=O) groups excluding carboxylic acids is 1. The number of nitrogens with zero attached hydrogens (tertiary/aromatic N) is 3. The van der Waals surface area contributed by atoms with Crippen LogP contribution in [0.3, 0.4) is 0 Å². The van der Waals surface area contributed by atoms with Gasteiger partial charge in [0.25, 0.3) is 0 Å². The van der Waals surface area contributed by atoms with Gasteiger partial charge < -0.3 is 11.1 Å². The van der Waals surface area contributed by atoms with E-state index in [4.69, 9.17) is 11.3 Å². The zero-order valence-corrected chi connectivity index (χ0v) is 9.41. The third-order valence-electron chi connectivity index (χ3n) is 2.26. The molecule has 1 aromatic rings. The van der Waals surface area contributed by atoms with E-state index in [9.17, 15) is 4.79 Å². The maximum atomic E-state index is 11.3. The van der Waals surface area contributed by atoms with Crippen molar-refractivity contribution in [1.29, 1.82) is 0 Å². The maximum absolute atomic E-state index is 11.3. The molecule has 0 aliphatic heterocycles. The predicted octanol–water partition coefficient (Wildman–Crippen LogP) is 1.50. The molecule has 0 spiro atoms. The molecule has 90 valence electrons. The van der Waals surface area contributed by atoms with E-state index in [0.717, 1.165) is 5.56 Å². The topological polar surface area (TPSA) is 104 Å². The van der Waals surface area contributed by atoms with Gasteiger partial charge in [-0.1, -0.05) is 35.4 Å². The smallest absolute Gasteiger partial charge is 0.239 e. The van der Waals surface area contributed by atoms with Gasteiger partial charge in [-0.15, -0.1) is 0 Å². The number of hydrogen-bond donors (Lipinski definition) is 2. The van der Waals surface area contributed by atoms with Crippen LogP contribution in [0, 0.1) is 0 Å². The summed E-state index contributed by atoms with van der Waals surface area (Å²) in [6.45, 7) is 0.977. The molecule has 0 aromatic heterocycles. The van der Waals surface area contributed by atoms with Crippen LogP contribution < -0.4 is 11.1 Å². The van der Waals surface area contributed by atoms with E-state index < -0.39 is 11.9 Å². The molecule has 0 aliphatic carbocycles. The summed E-state index contributed by atoms with van der Waals surface area (Å²) >= 11 is 0. The van der Waals surface area contributed by atoms with Crippen LogP contribution in [-0.4, -0.2) is 19.0 Å². The Bertz CT molecular complexity index is 400. The van der Waals surface area contributed by atoms with Crippen molar-refractivity contribution in [2.45, 2.75) is 12.5 Å². The molecule has 17 heavy (non-hydrogen) atoms. The number of nitrogens with two attached hydrogens (primary N) is 1. The molecule has 1 aromatic carbocycles. The van der Waals surface area contributed by atoms with Crippen LogP contribution in [0.5, 0.6) is 0 Å². The summed E-state index contributed by atoms with van der Waals surface area (Å²) in [6.07, 6.45) is 0.667. The Morgan fingerprint density at radius 2 is 2.18 bits per heavy atom. The van der Waals surface area contributed by atoms with Crippen LogP contribution in [0.2, 0.25) is 0 Å². The fraction of sp³-hybridized carbons (Fsp3) is 0.364. The van der Waals surface area contributed by atoms with E-state index in [0.29, 0.717) is 19.5 Å². The molecule has 0 saturated heterocycles. The van der Waals surface area contributed by atoms with Crippen LogP contribution in [0.1, 0.15) is 18.0 Å². The van der Waals surface area contributed by atoms with Gasteiger partial charge in [-0.25, -0.2) is 0 Å². The average molecular weight is 233 g/mol. The summed E-state index contributed by atoms with van der Waals surface area (Å²) in [7, 11) is 0. The van der Waals surface area contributed by atoms with Crippen LogP contribution in [-0.2, 0) is 4.79 Å². The molecule has 6 nitrogen and oxygen atoms in total. The molecule has 0 aliphatic rings. The average Bonchev–Trinajstić information content (AvgIpc) is 2.34. The minimum atomic E-state index is -0.498. The van der Waals surface area contributed by atoms with Crippen molar-refractivity contribution in [2.24, 2.45) is 10.8 Å². The zero-order valence-electron chi connectivity index (χ0n) is 9.41. The highest BCUT2D eigenvalue weighted by atomic mass is 16.1. The van der Waals surface area contributed by atoms with Crippen molar-refractivity contribution in [1.82, 2.24) is 5.32 Å². The number of rotatable bonds is 7. The largest absolute Gasteiger partial charge is 0.368 e. The van der Waals surface area contributed by atoms with E-state index in [1.54, 1.807) is 0 Å². The van der Waals surface area contributed by atoms with Gasteiger partial charge in [-0.3, -0.25) is 4.79 Å². The van der Waals surface area contributed by atoms with Crippen molar-refractivity contribution in [2.75, 3.05) is 13.1 Å². The molecular formula is C11H15N5O. The molecule has 0 fully saturated rings. The Morgan fingerprint density at radius 3 is 2.76 bits per heavy atom. The lowest BCUT2D eigenvalue weighted by Gasteiger charge is -2.15. The molecule has 6 heteroatoms. The first kappa shape index (κ1) is 13.0. The highest BCUT2D eigenvalue weighted by Crippen LogP contribution is 2.11. The Balaban J connectivity index is 2.50. The first-order valence-electron chi connectivity index (χ1n) is 5.34. The van der Waals surface area contributed by atoms with Gasteiger partial charge in [-0.2, -0.15) is 0 Å². The number of nitrogens with one attached hydrogen (secondary N) is 1. The van der Waals surface area contributed by atoms with Gasteiger partial charge in [0.2, 0.25) is 5.91 Å². The van der Waals surface area contributed by atoms with E-state index in [2.05, 4.69) is 15.3 Å². The van der Waals surface area contributed by atoms with Gasteiger partial charge in [0.05, 0.1) is 0 Å². The zero-order chi connectivity index (χ0) is 12.5. The Kier molecular flexibility index (Phi) is 5.57. The number of hydrogen-bond acceptors (Lipinski definition) is 3. The van der Waals surface area contributed by atoms with Crippen molar-refractivity contribution in [3.63, 3.8) is 0 Å². The van der Waals surface area contributed by atoms with Crippen LogP contribution in [0.4, 0.5) is 0 Å². The summed E-state index contributed by atoms with van der Waals surface area (Å²) < 4.78 is 0. The number of carbonyl (C=O) groups is 1. The standard InChI is InChI=1S/C11H15N5O/c12-11(17)10(9-5-2-1-3-6-9)14-7-4-8-15-16-13/h1-3,5-6,10,14H,4,7-8H2,(H2,12,17). The van der Waals surface area contributed by atoms with E-state index in [1.165, 1.54) is 0 Å². The number of benzene rings is 1. The predicted molar refractivity (Wildman–Crippen MR) is 65.0 cm³/mol. The first-order valence-corrected chi connectivity index (χ1v) is 5.34.